The third-order valence-electron chi connectivity index (χ3n) is 3.12. The van der Waals surface area contributed by atoms with E-state index >= 15 is 0 Å². The van der Waals surface area contributed by atoms with Crippen LogP contribution in [0.4, 0.5) is 0 Å². The Morgan fingerprint density at radius 2 is 1.63 bits per heavy atom. The summed E-state index contributed by atoms with van der Waals surface area (Å²) in [6, 6.07) is 17.3. The number of aliphatic hydroxyl groups is 1. The molecule has 0 unspecified atom stereocenters. The maximum absolute atomic E-state index is 9.68. The second-order valence-electron chi connectivity index (χ2n) is 4.58. The fourth-order valence-electron chi connectivity index (χ4n) is 2.01. The first kappa shape index (κ1) is 13.6. The molecule has 0 heterocycles. The second-order valence-corrected chi connectivity index (χ2v) is 4.58. The van der Waals surface area contributed by atoms with Crippen LogP contribution in [0.1, 0.15) is 11.1 Å². The van der Waals surface area contributed by atoms with Gasteiger partial charge in [-0.15, -0.1) is 0 Å². The van der Waals surface area contributed by atoms with Crippen molar-refractivity contribution >= 4 is 0 Å². The Labute approximate surface area is 113 Å². The lowest BCUT2D eigenvalue weighted by atomic mass is 10.1. The predicted octanol–water partition coefficient (Wildman–Crippen LogP) is 2.09. The van der Waals surface area contributed by atoms with Crippen molar-refractivity contribution < 1.29 is 10.2 Å². The number of para-hydroxylation sites is 1. The summed E-state index contributed by atoms with van der Waals surface area (Å²) in [4.78, 5) is 0. The van der Waals surface area contributed by atoms with Gasteiger partial charge in [0.25, 0.3) is 0 Å². The molecule has 2 rings (SSSR count). The molecule has 0 aliphatic carbocycles. The van der Waals surface area contributed by atoms with Crippen molar-refractivity contribution in [3.05, 3.63) is 65.7 Å². The van der Waals surface area contributed by atoms with Gasteiger partial charge in [-0.3, -0.25) is 0 Å². The summed E-state index contributed by atoms with van der Waals surface area (Å²) in [5.74, 6) is 0.284. The van der Waals surface area contributed by atoms with Crippen LogP contribution in [0.2, 0.25) is 0 Å². The van der Waals surface area contributed by atoms with Crippen LogP contribution in [0.15, 0.2) is 54.6 Å². The van der Waals surface area contributed by atoms with E-state index in [1.807, 2.05) is 42.5 Å². The lowest BCUT2D eigenvalue weighted by Crippen LogP contribution is -2.34. The molecular formula is C16H19NO2. The molecule has 1 atom stereocenters. The molecule has 0 saturated carbocycles. The first-order chi connectivity index (χ1) is 9.29. The number of aliphatic hydroxyl groups excluding tert-OH is 1. The Morgan fingerprint density at radius 3 is 2.32 bits per heavy atom. The van der Waals surface area contributed by atoms with E-state index in [1.54, 1.807) is 12.1 Å². The van der Waals surface area contributed by atoms with Gasteiger partial charge in [-0.05, 0) is 18.1 Å². The lowest BCUT2D eigenvalue weighted by Gasteiger charge is -2.16. The first-order valence-electron chi connectivity index (χ1n) is 6.44. The third-order valence-corrected chi connectivity index (χ3v) is 3.12. The van der Waals surface area contributed by atoms with Gasteiger partial charge in [-0.1, -0.05) is 48.5 Å². The summed E-state index contributed by atoms with van der Waals surface area (Å²) >= 11 is 0. The highest BCUT2D eigenvalue weighted by Crippen LogP contribution is 2.15. The van der Waals surface area contributed by atoms with Gasteiger partial charge in [0.15, 0.2) is 0 Å². The van der Waals surface area contributed by atoms with Gasteiger partial charge in [0, 0.05) is 18.2 Å². The molecule has 3 nitrogen and oxygen atoms in total. The minimum absolute atomic E-state index is 0.0120. The molecule has 3 N–H and O–H groups in total. The number of hydrogen-bond acceptors (Lipinski definition) is 3. The summed E-state index contributed by atoms with van der Waals surface area (Å²) in [6.07, 6.45) is 0.769. The number of phenolic OH excluding ortho intramolecular Hbond substituents is 1. The Balaban J connectivity index is 1.91. The molecule has 3 heteroatoms. The molecule has 19 heavy (non-hydrogen) atoms. The molecule has 0 radical (unpaired) electrons. The fourth-order valence-corrected chi connectivity index (χ4v) is 2.01. The molecule has 2 aromatic carbocycles. The van der Waals surface area contributed by atoms with Crippen molar-refractivity contribution in [2.24, 2.45) is 0 Å². The standard InChI is InChI=1S/C16H19NO2/c18-12-15(10-13-6-2-1-3-7-13)17-11-14-8-4-5-9-16(14)19/h1-9,15,17-19H,10-12H2/t15-/m1/s1. The molecule has 0 aromatic heterocycles. The molecule has 0 saturated heterocycles. The van der Waals surface area contributed by atoms with Crippen LogP contribution in [0.25, 0.3) is 0 Å². The Morgan fingerprint density at radius 1 is 0.947 bits per heavy atom. The molecular weight excluding hydrogens is 238 g/mol. The summed E-state index contributed by atoms with van der Waals surface area (Å²) in [5, 5.41) is 22.4. The number of phenols is 1. The van der Waals surface area contributed by atoms with E-state index in [9.17, 15) is 10.2 Å². The van der Waals surface area contributed by atoms with E-state index in [1.165, 1.54) is 5.56 Å². The van der Waals surface area contributed by atoms with Crippen LogP contribution in [0.3, 0.4) is 0 Å². The van der Waals surface area contributed by atoms with Crippen LogP contribution >= 0.6 is 0 Å². The fraction of sp³-hybridized carbons (Fsp3) is 0.250. The number of rotatable bonds is 6. The van der Waals surface area contributed by atoms with E-state index in [4.69, 9.17) is 0 Å². The van der Waals surface area contributed by atoms with E-state index in [2.05, 4.69) is 5.32 Å². The Hall–Kier alpha value is -1.84. The van der Waals surface area contributed by atoms with Crippen LogP contribution in [-0.2, 0) is 13.0 Å². The van der Waals surface area contributed by atoms with Crippen molar-refractivity contribution in [3.8, 4) is 5.75 Å². The van der Waals surface area contributed by atoms with Crippen molar-refractivity contribution in [2.75, 3.05) is 6.61 Å². The SMILES string of the molecule is OC[C@@H](Cc1ccccc1)NCc1ccccc1O. The molecule has 0 bridgehead atoms. The number of hydrogen-bond donors (Lipinski definition) is 3. The monoisotopic (exact) mass is 257 g/mol. The van der Waals surface area contributed by atoms with Gasteiger partial charge < -0.3 is 15.5 Å². The topological polar surface area (TPSA) is 52.5 Å². The van der Waals surface area contributed by atoms with E-state index in [0.29, 0.717) is 6.54 Å². The number of aromatic hydroxyl groups is 1. The zero-order chi connectivity index (χ0) is 13.5. The summed E-state index contributed by atoms with van der Waals surface area (Å²) in [7, 11) is 0. The summed E-state index contributed by atoms with van der Waals surface area (Å²) < 4.78 is 0. The maximum atomic E-state index is 9.68. The van der Waals surface area contributed by atoms with Crippen LogP contribution < -0.4 is 5.32 Å². The van der Waals surface area contributed by atoms with Crippen LogP contribution in [0.5, 0.6) is 5.75 Å². The summed E-state index contributed by atoms with van der Waals surface area (Å²) in [6.45, 7) is 0.618. The van der Waals surface area contributed by atoms with Gasteiger partial charge in [-0.25, -0.2) is 0 Å². The van der Waals surface area contributed by atoms with Crippen molar-refractivity contribution in [1.82, 2.24) is 5.32 Å². The number of benzene rings is 2. The molecule has 0 aliphatic heterocycles. The van der Waals surface area contributed by atoms with Gasteiger partial charge >= 0.3 is 0 Å². The molecule has 0 amide bonds. The van der Waals surface area contributed by atoms with Gasteiger partial charge in [0.1, 0.15) is 5.75 Å². The van der Waals surface area contributed by atoms with E-state index in [0.717, 1.165) is 12.0 Å². The van der Waals surface area contributed by atoms with Gasteiger partial charge in [0.05, 0.1) is 6.61 Å². The average molecular weight is 257 g/mol. The van der Waals surface area contributed by atoms with Crippen LogP contribution in [0, 0.1) is 0 Å². The molecule has 0 aliphatic rings. The molecule has 100 valence electrons. The molecule has 0 fully saturated rings. The lowest BCUT2D eigenvalue weighted by molar-refractivity contribution is 0.240. The highest BCUT2D eigenvalue weighted by atomic mass is 16.3. The first-order valence-corrected chi connectivity index (χ1v) is 6.44. The highest BCUT2D eigenvalue weighted by Gasteiger charge is 2.08. The molecule has 2 aromatic rings. The van der Waals surface area contributed by atoms with E-state index < -0.39 is 0 Å². The van der Waals surface area contributed by atoms with Gasteiger partial charge in [0.2, 0.25) is 0 Å². The van der Waals surface area contributed by atoms with Crippen molar-refractivity contribution in [1.29, 1.82) is 0 Å². The van der Waals surface area contributed by atoms with Crippen LogP contribution in [-0.4, -0.2) is 22.9 Å². The molecule has 0 spiro atoms. The van der Waals surface area contributed by atoms with Gasteiger partial charge in [-0.2, -0.15) is 0 Å². The Kier molecular flexibility index (Phi) is 4.95. The smallest absolute Gasteiger partial charge is 0.120 e. The second kappa shape index (κ2) is 6.92. The Bertz CT molecular complexity index is 499. The maximum Gasteiger partial charge on any atom is 0.120 e. The largest absolute Gasteiger partial charge is 0.508 e. The minimum atomic E-state index is -0.0120. The van der Waals surface area contributed by atoms with Crippen molar-refractivity contribution in [2.45, 2.75) is 19.0 Å². The minimum Gasteiger partial charge on any atom is -0.508 e. The normalized spacial score (nSPS) is 12.3. The number of nitrogens with one attached hydrogen (secondary N) is 1. The summed E-state index contributed by atoms with van der Waals surface area (Å²) in [5.41, 5.74) is 2.03. The average Bonchev–Trinajstić information content (AvgIpc) is 2.46. The zero-order valence-electron chi connectivity index (χ0n) is 10.8. The third kappa shape index (κ3) is 4.09. The van der Waals surface area contributed by atoms with E-state index in [-0.39, 0.29) is 18.4 Å². The quantitative estimate of drug-likeness (QED) is 0.742. The zero-order valence-corrected chi connectivity index (χ0v) is 10.8. The van der Waals surface area contributed by atoms with Crippen molar-refractivity contribution in [3.63, 3.8) is 0 Å². The predicted molar refractivity (Wildman–Crippen MR) is 76.0 cm³/mol. The highest BCUT2D eigenvalue weighted by molar-refractivity contribution is 5.31.